The average molecular weight is 258 g/mol. The number of amides is 2. The lowest BCUT2D eigenvalue weighted by Gasteiger charge is -2.18. The molecular formula is C13H14N4O2. The zero-order valence-electron chi connectivity index (χ0n) is 10.2. The number of anilines is 1. The minimum Gasteiger partial charge on any atom is -0.448 e. The summed E-state index contributed by atoms with van der Waals surface area (Å²) in [5.74, 6) is -0.196. The lowest BCUT2D eigenvalue weighted by molar-refractivity contribution is 0.247. The van der Waals surface area contributed by atoms with Crippen LogP contribution in [0.15, 0.2) is 53.1 Å². The molecule has 1 aromatic heterocycles. The highest BCUT2D eigenvalue weighted by atomic mass is 16.3. The lowest BCUT2D eigenvalue weighted by atomic mass is 10.2. The number of guanidine groups is 1. The Hall–Kier alpha value is -2.76. The first-order valence-electron chi connectivity index (χ1n) is 5.68. The number of carbonyl (C=O) groups excluding carboxylic acids is 1. The van der Waals surface area contributed by atoms with E-state index in [1.54, 1.807) is 12.1 Å². The summed E-state index contributed by atoms with van der Waals surface area (Å²) < 4.78 is 5.07. The van der Waals surface area contributed by atoms with Crippen LogP contribution < -0.4 is 16.0 Å². The van der Waals surface area contributed by atoms with E-state index in [1.165, 1.54) is 6.26 Å². The lowest BCUT2D eigenvalue weighted by Crippen LogP contribution is -2.46. The summed E-state index contributed by atoms with van der Waals surface area (Å²) in [6.07, 6.45) is 1.41. The van der Waals surface area contributed by atoms with Crippen molar-refractivity contribution in [2.45, 2.75) is 6.54 Å². The molecule has 0 saturated heterocycles. The van der Waals surface area contributed by atoms with Gasteiger partial charge in [0.2, 0.25) is 11.8 Å². The Kier molecular flexibility index (Phi) is 3.82. The van der Waals surface area contributed by atoms with Crippen molar-refractivity contribution in [3.8, 4) is 0 Å². The first kappa shape index (κ1) is 12.7. The van der Waals surface area contributed by atoms with Crippen LogP contribution in [-0.2, 0) is 6.54 Å². The van der Waals surface area contributed by atoms with Crippen molar-refractivity contribution < 1.29 is 9.21 Å². The normalized spacial score (nSPS) is 9.89. The monoisotopic (exact) mass is 258 g/mol. The van der Waals surface area contributed by atoms with Crippen molar-refractivity contribution in [1.29, 1.82) is 5.41 Å². The van der Waals surface area contributed by atoms with Gasteiger partial charge < -0.3 is 15.5 Å². The zero-order valence-corrected chi connectivity index (χ0v) is 10.2. The Morgan fingerprint density at radius 1 is 1.26 bits per heavy atom. The van der Waals surface area contributed by atoms with E-state index in [1.807, 2.05) is 30.3 Å². The van der Waals surface area contributed by atoms with Crippen molar-refractivity contribution in [2.24, 2.45) is 5.73 Å². The molecule has 0 bridgehead atoms. The highest BCUT2D eigenvalue weighted by molar-refractivity contribution is 6.12. The second kappa shape index (κ2) is 5.72. The van der Waals surface area contributed by atoms with E-state index in [2.05, 4.69) is 5.32 Å². The molecule has 0 aliphatic heterocycles. The van der Waals surface area contributed by atoms with Gasteiger partial charge in [-0.3, -0.25) is 5.41 Å². The van der Waals surface area contributed by atoms with Gasteiger partial charge in [-0.05, 0) is 11.6 Å². The summed E-state index contributed by atoms with van der Waals surface area (Å²) >= 11 is 0. The summed E-state index contributed by atoms with van der Waals surface area (Å²) in [6, 6.07) is 12.1. The van der Waals surface area contributed by atoms with Gasteiger partial charge in [0.15, 0.2) is 0 Å². The Morgan fingerprint density at radius 2 is 2.00 bits per heavy atom. The number of benzene rings is 1. The number of nitrogens with one attached hydrogen (secondary N) is 2. The summed E-state index contributed by atoms with van der Waals surface area (Å²) in [4.78, 5) is 13.0. The van der Waals surface area contributed by atoms with Gasteiger partial charge in [-0.1, -0.05) is 30.3 Å². The summed E-state index contributed by atoms with van der Waals surface area (Å²) in [7, 11) is 0. The van der Waals surface area contributed by atoms with E-state index in [0.717, 1.165) is 10.5 Å². The summed E-state index contributed by atoms with van der Waals surface area (Å²) in [6.45, 7) is 0.351. The molecule has 98 valence electrons. The van der Waals surface area contributed by atoms with Crippen molar-refractivity contribution in [3.05, 3.63) is 54.3 Å². The molecule has 6 heteroatoms. The van der Waals surface area contributed by atoms with Crippen LogP contribution >= 0.6 is 0 Å². The number of hydrogen-bond donors (Lipinski definition) is 3. The first-order valence-corrected chi connectivity index (χ1v) is 5.68. The van der Waals surface area contributed by atoms with Crippen LogP contribution in [0.25, 0.3) is 0 Å². The van der Waals surface area contributed by atoms with Gasteiger partial charge in [0, 0.05) is 12.6 Å². The van der Waals surface area contributed by atoms with E-state index in [-0.39, 0.29) is 5.88 Å². The number of urea groups is 1. The maximum absolute atomic E-state index is 12.0. The van der Waals surface area contributed by atoms with Crippen LogP contribution in [-0.4, -0.2) is 12.0 Å². The first-order chi connectivity index (χ1) is 9.18. The van der Waals surface area contributed by atoms with Gasteiger partial charge >= 0.3 is 6.03 Å². The van der Waals surface area contributed by atoms with Gasteiger partial charge in [0.05, 0.1) is 6.26 Å². The van der Waals surface area contributed by atoms with Crippen molar-refractivity contribution in [1.82, 2.24) is 5.32 Å². The Labute approximate surface area is 110 Å². The van der Waals surface area contributed by atoms with Crippen molar-refractivity contribution in [2.75, 3.05) is 4.90 Å². The number of hydrogen-bond acceptors (Lipinski definition) is 3. The fraction of sp³-hybridized carbons (Fsp3) is 0.0769. The molecule has 0 unspecified atom stereocenters. The molecule has 0 aliphatic rings. The number of furan rings is 1. The minimum absolute atomic E-state index is 0.207. The summed E-state index contributed by atoms with van der Waals surface area (Å²) in [5, 5.41) is 10.1. The predicted molar refractivity (Wildman–Crippen MR) is 71.8 cm³/mol. The van der Waals surface area contributed by atoms with E-state index >= 15 is 0 Å². The SMILES string of the molecule is N=C(N)N(C(=O)NCc1ccccc1)c1ccco1. The highest BCUT2D eigenvalue weighted by Gasteiger charge is 2.20. The molecule has 2 rings (SSSR count). The Morgan fingerprint density at radius 3 is 2.58 bits per heavy atom. The van der Waals surface area contributed by atoms with Crippen molar-refractivity contribution >= 4 is 17.9 Å². The van der Waals surface area contributed by atoms with Crippen LogP contribution in [0, 0.1) is 5.41 Å². The van der Waals surface area contributed by atoms with Gasteiger partial charge in [0.1, 0.15) is 0 Å². The molecule has 0 spiro atoms. The minimum atomic E-state index is -0.508. The van der Waals surface area contributed by atoms with Gasteiger partial charge in [0.25, 0.3) is 0 Å². The summed E-state index contributed by atoms with van der Waals surface area (Å²) in [5.41, 5.74) is 6.34. The number of rotatable bonds is 3. The van der Waals surface area contributed by atoms with Crippen LogP contribution in [0.5, 0.6) is 0 Å². The molecule has 0 radical (unpaired) electrons. The zero-order chi connectivity index (χ0) is 13.7. The molecule has 2 amide bonds. The smallest absolute Gasteiger partial charge is 0.331 e. The van der Waals surface area contributed by atoms with Crippen LogP contribution in [0.4, 0.5) is 10.7 Å². The number of nitrogens with two attached hydrogens (primary N) is 1. The second-order valence-corrected chi connectivity index (χ2v) is 3.82. The number of carbonyl (C=O) groups is 1. The molecule has 19 heavy (non-hydrogen) atoms. The molecule has 6 nitrogen and oxygen atoms in total. The van der Waals surface area contributed by atoms with E-state index in [0.29, 0.717) is 6.54 Å². The number of nitrogens with zero attached hydrogens (tertiary/aromatic N) is 1. The molecular weight excluding hydrogens is 244 g/mol. The Balaban J connectivity index is 2.03. The molecule has 0 atom stereocenters. The molecule has 0 fully saturated rings. The average Bonchev–Trinajstić information content (AvgIpc) is 2.91. The van der Waals surface area contributed by atoms with Crippen LogP contribution in [0.2, 0.25) is 0 Å². The molecule has 0 saturated carbocycles. The topological polar surface area (TPSA) is 95.4 Å². The standard InChI is InChI=1S/C13H14N4O2/c14-12(15)17(11-7-4-8-19-11)13(18)16-9-10-5-2-1-3-6-10/h1-8H,9H2,(H3,14,15)(H,16,18). The third kappa shape index (κ3) is 3.12. The quantitative estimate of drug-likeness (QED) is 0.579. The van der Waals surface area contributed by atoms with E-state index in [4.69, 9.17) is 15.6 Å². The molecule has 0 aliphatic carbocycles. The highest BCUT2D eigenvalue weighted by Crippen LogP contribution is 2.14. The second-order valence-electron chi connectivity index (χ2n) is 3.82. The van der Waals surface area contributed by atoms with Gasteiger partial charge in [-0.15, -0.1) is 0 Å². The van der Waals surface area contributed by atoms with E-state index < -0.39 is 12.0 Å². The maximum Gasteiger partial charge on any atom is 0.331 e. The third-order valence-corrected chi connectivity index (χ3v) is 2.46. The maximum atomic E-state index is 12.0. The molecule has 4 N–H and O–H groups in total. The molecule has 2 aromatic rings. The molecule has 1 heterocycles. The predicted octanol–water partition coefficient (Wildman–Crippen LogP) is 1.89. The largest absolute Gasteiger partial charge is 0.448 e. The van der Waals surface area contributed by atoms with E-state index in [9.17, 15) is 4.79 Å². The van der Waals surface area contributed by atoms with Crippen molar-refractivity contribution in [3.63, 3.8) is 0 Å². The van der Waals surface area contributed by atoms with Gasteiger partial charge in [-0.25, -0.2) is 9.69 Å². The third-order valence-electron chi connectivity index (χ3n) is 2.46. The fourth-order valence-corrected chi connectivity index (χ4v) is 1.58. The van der Waals surface area contributed by atoms with Gasteiger partial charge in [-0.2, -0.15) is 0 Å². The van der Waals surface area contributed by atoms with Crippen LogP contribution in [0.3, 0.4) is 0 Å². The van der Waals surface area contributed by atoms with Crippen LogP contribution in [0.1, 0.15) is 5.56 Å². The fourth-order valence-electron chi connectivity index (χ4n) is 1.58. The Bertz CT molecular complexity index is 551. The molecule has 1 aromatic carbocycles.